The number of nitrogens with one attached hydrogen (secondary N) is 2. The molecule has 0 fully saturated rings. The Balaban J connectivity index is 1.30. The summed E-state index contributed by atoms with van der Waals surface area (Å²) >= 11 is 0. The summed E-state index contributed by atoms with van der Waals surface area (Å²) in [6, 6.07) is 21.4. The number of nitrogens with zero attached hydrogens (tertiary/aromatic N) is 6. The predicted octanol–water partition coefficient (Wildman–Crippen LogP) is 5.88. The Kier molecular flexibility index (Phi) is 14.7. The van der Waals surface area contributed by atoms with Gasteiger partial charge < -0.3 is 39.8 Å². The lowest BCUT2D eigenvalue weighted by Gasteiger charge is -2.25. The minimum absolute atomic E-state index is 0.0387. The van der Waals surface area contributed by atoms with E-state index < -0.39 is 30.0 Å². The van der Waals surface area contributed by atoms with E-state index in [1.54, 1.807) is 24.3 Å². The molecule has 0 radical (unpaired) electrons. The first kappa shape index (κ1) is 44.8. The number of carbonyl (C=O) groups is 4. The highest BCUT2D eigenvalue weighted by molar-refractivity contribution is 5.87. The fraction of sp³-hybridized carbons (Fsp3) is 0.289. The van der Waals surface area contributed by atoms with E-state index in [-0.39, 0.29) is 75.0 Å². The third kappa shape index (κ3) is 11.3. The van der Waals surface area contributed by atoms with Crippen molar-refractivity contribution >= 4 is 46.2 Å². The van der Waals surface area contributed by atoms with Crippen molar-refractivity contribution in [3.05, 3.63) is 119 Å². The number of hydrogen-bond acceptors (Lipinski definition) is 14. The number of amides is 2. The zero-order valence-corrected chi connectivity index (χ0v) is 35.1. The molecule has 0 aliphatic heterocycles. The zero-order valence-electron chi connectivity index (χ0n) is 35.1. The van der Waals surface area contributed by atoms with Crippen LogP contribution >= 0.6 is 0 Å². The second-order valence-electron chi connectivity index (χ2n) is 14.5. The number of benzene rings is 4. The Hall–Kier alpha value is -7.76. The van der Waals surface area contributed by atoms with Crippen LogP contribution in [0.1, 0.15) is 55.4 Å². The summed E-state index contributed by atoms with van der Waals surface area (Å²) in [7, 11) is 0. The second-order valence-corrected chi connectivity index (χ2v) is 14.5. The molecule has 0 aliphatic carbocycles. The van der Waals surface area contributed by atoms with Gasteiger partial charge in [0.25, 0.3) is 0 Å². The van der Waals surface area contributed by atoms with Crippen molar-refractivity contribution in [3.63, 3.8) is 0 Å². The van der Waals surface area contributed by atoms with Crippen molar-refractivity contribution in [2.45, 2.75) is 46.0 Å². The number of alkyl carbamates (subject to hydrolysis) is 2. The van der Waals surface area contributed by atoms with E-state index >= 15 is 0 Å². The predicted molar refractivity (Wildman–Crippen MR) is 231 cm³/mol. The summed E-state index contributed by atoms with van der Waals surface area (Å²) in [5.41, 5.74) is 5.76. The van der Waals surface area contributed by atoms with Crippen molar-refractivity contribution < 1.29 is 48.3 Å². The van der Waals surface area contributed by atoms with Crippen LogP contribution in [-0.4, -0.2) is 104 Å². The van der Waals surface area contributed by atoms with E-state index in [9.17, 15) is 29.4 Å². The van der Waals surface area contributed by atoms with Crippen molar-refractivity contribution in [3.8, 4) is 22.9 Å². The van der Waals surface area contributed by atoms with Crippen LogP contribution in [0.4, 0.5) is 9.59 Å². The first-order valence-electron chi connectivity index (χ1n) is 20.2. The van der Waals surface area contributed by atoms with Crippen LogP contribution in [0.2, 0.25) is 0 Å². The molecule has 0 saturated carbocycles. The molecule has 0 bridgehead atoms. The quantitative estimate of drug-likeness (QED) is 0.0323. The number of phenolic OH excluding ortho intramolecular Hbond substituents is 2. The number of rotatable bonds is 19. The third-order valence-electron chi connectivity index (χ3n) is 9.66. The fourth-order valence-electron chi connectivity index (χ4n) is 6.65. The van der Waals surface area contributed by atoms with Crippen molar-refractivity contribution in [2.24, 2.45) is 0 Å². The Morgan fingerprint density at radius 1 is 0.603 bits per heavy atom. The number of aromatic hydroxyl groups is 2. The van der Waals surface area contributed by atoms with E-state index in [2.05, 4.69) is 23.8 Å². The molecule has 0 saturated heterocycles. The summed E-state index contributed by atoms with van der Waals surface area (Å²) < 4.78 is 20.7. The standard InChI is InChI=1S/C45H48N8O10/c1-6-31(40-36(52-48-32-11-7-8-12-33(32)49-52)23-29(25-38(40)54)15-19-62-44(58)46-17-21-60-42(56)27(2)3)41-37(53-50-34-13-9-10-14-35(34)51-53)24-30(26-39(41)55)16-20-63-45(59)47-18-22-61-43(57)28(4)5/h7-14,23-26,31,54-55H,2,4,6,15-22H2,1,3,5H3,(H,46,58)(H,47,59). The Morgan fingerprint density at radius 3 is 1.30 bits per heavy atom. The van der Waals surface area contributed by atoms with Crippen LogP contribution in [0.3, 0.4) is 0 Å². The Labute approximate surface area is 362 Å². The fourth-order valence-corrected chi connectivity index (χ4v) is 6.65. The van der Waals surface area contributed by atoms with Gasteiger partial charge in [-0.3, -0.25) is 0 Å². The van der Waals surface area contributed by atoms with Gasteiger partial charge in [0.05, 0.1) is 37.7 Å². The van der Waals surface area contributed by atoms with Gasteiger partial charge in [-0.1, -0.05) is 44.3 Å². The number of esters is 2. The zero-order chi connectivity index (χ0) is 45.0. The lowest BCUT2D eigenvalue weighted by molar-refractivity contribution is -0.139. The molecule has 6 aromatic rings. The largest absolute Gasteiger partial charge is 0.508 e. The van der Waals surface area contributed by atoms with Gasteiger partial charge in [-0.05, 0) is 79.9 Å². The topological polar surface area (TPSA) is 231 Å². The molecule has 63 heavy (non-hydrogen) atoms. The SMILES string of the molecule is C=C(C)C(=O)OCCNC(=O)OCCc1cc(O)c(C(CC)c2c(O)cc(CCOC(=O)NCCOC(=O)C(=C)C)cc2-n2nc3ccccc3n2)c(-n2nc3ccccc3n2)c1. The maximum atomic E-state index is 12.4. The summed E-state index contributed by atoms with van der Waals surface area (Å²) in [4.78, 5) is 50.9. The summed E-state index contributed by atoms with van der Waals surface area (Å²) in [5.74, 6) is -2.06. The normalized spacial score (nSPS) is 11.0. The highest BCUT2D eigenvalue weighted by Crippen LogP contribution is 2.44. The number of ether oxygens (including phenoxy) is 4. The molecule has 2 aromatic heterocycles. The smallest absolute Gasteiger partial charge is 0.407 e. The van der Waals surface area contributed by atoms with Gasteiger partial charge in [-0.15, -0.1) is 30.0 Å². The van der Waals surface area contributed by atoms with Crippen LogP contribution in [-0.2, 0) is 41.4 Å². The highest BCUT2D eigenvalue weighted by atomic mass is 16.6. The molecular weight excluding hydrogens is 813 g/mol. The molecule has 4 N–H and O–H groups in total. The Morgan fingerprint density at radius 2 is 0.968 bits per heavy atom. The van der Waals surface area contributed by atoms with E-state index in [0.29, 0.717) is 62.1 Å². The molecule has 2 amide bonds. The molecule has 2 heterocycles. The molecule has 4 aromatic carbocycles. The van der Waals surface area contributed by atoms with E-state index in [4.69, 9.17) is 39.3 Å². The van der Waals surface area contributed by atoms with Gasteiger partial charge >= 0.3 is 24.1 Å². The van der Waals surface area contributed by atoms with Gasteiger partial charge in [0.15, 0.2) is 0 Å². The van der Waals surface area contributed by atoms with Gasteiger partial charge in [-0.2, -0.15) is 0 Å². The van der Waals surface area contributed by atoms with Crippen LogP contribution in [0.5, 0.6) is 11.5 Å². The summed E-state index contributed by atoms with van der Waals surface area (Å²) in [5, 5.41) is 48.0. The highest BCUT2D eigenvalue weighted by Gasteiger charge is 2.29. The minimum Gasteiger partial charge on any atom is -0.508 e. The molecule has 0 unspecified atom stereocenters. The molecule has 18 nitrogen and oxygen atoms in total. The third-order valence-corrected chi connectivity index (χ3v) is 9.66. The lowest BCUT2D eigenvalue weighted by Crippen LogP contribution is -2.29. The number of hydrogen-bond donors (Lipinski definition) is 4. The van der Waals surface area contributed by atoms with Crippen LogP contribution in [0.25, 0.3) is 33.4 Å². The molecule has 0 atom stereocenters. The van der Waals surface area contributed by atoms with Crippen LogP contribution < -0.4 is 10.6 Å². The van der Waals surface area contributed by atoms with Crippen LogP contribution in [0.15, 0.2) is 97.1 Å². The first-order valence-corrected chi connectivity index (χ1v) is 20.2. The number of fused-ring (bicyclic) bond motifs is 2. The van der Waals surface area contributed by atoms with E-state index in [1.165, 1.54) is 23.4 Å². The average Bonchev–Trinajstić information content (AvgIpc) is 3.90. The second kappa shape index (κ2) is 20.7. The number of aromatic nitrogens is 6. The molecular formula is C45H48N8O10. The van der Waals surface area contributed by atoms with Crippen molar-refractivity contribution in [1.82, 2.24) is 40.6 Å². The molecule has 0 aliphatic rings. The van der Waals surface area contributed by atoms with Gasteiger partial charge in [0, 0.05) is 41.0 Å². The van der Waals surface area contributed by atoms with Gasteiger partial charge in [0.2, 0.25) is 0 Å². The van der Waals surface area contributed by atoms with Crippen LogP contribution in [0, 0.1) is 0 Å². The van der Waals surface area contributed by atoms with Crippen molar-refractivity contribution in [1.29, 1.82) is 0 Å². The van der Waals surface area contributed by atoms with Crippen molar-refractivity contribution in [2.75, 3.05) is 39.5 Å². The molecule has 328 valence electrons. The average molecular weight is 861 g/mol. The van der Waals surface area contributed by atoms with Gasteiger partial charge in [0.1, 0.15) is 46.8 Å². The minimum atomic E-state index is -0.714. The van der Waals surface area contributed by atoms with Gasteiger partial charge in [-0.25, -0.2) is 19.2 Å². The molecule has 6 rings (SSSR count). The maximum Gasteiger partial charge on any atom is 0.407 e. The summed E-state index contributed by atoms with van der Waals surface area (Å²) in [6.45, 7) is 11.9. The number of phenols is 2. The monoisotopic (exact) mass is 860 g/mol. The van der Waals surface area contributed by atoms with E-state index in [1.807, 2.05) is 55.5 Å². The lowest BCUT2D eigenvalue weighted by atomic mass is 9.84. The molecule has 0 spiro atoms. The molecule has 18 heteroatoms. The maximum absolute atomic E-state index is 12.4. The number of carbonyl (C=O) groups excluding carboxylic acids is 4. The Bertz CT molecular complexity index is 2430. The van der Waals surface area contributed by atoms with E-state index in [0.717, 1.165) is 0 Å². The first-order chi connectivity index (χ1) is 30.3. The summed E-state index contributed by atoms with van der Waals surface area (Å²) in [6.07, 6.45) is -0.652.